The molecule has 0 aliphatic heterocycles. The SMILES string of the molecule is Cc1nc(S(=O)(=O)NCC(C)(O)C(=O)O)sc1Br. The summed E-state index contributed by atoms with van der Waals surface area (Å²) in [5, 5.41) is 18.1. The van der Waals surface area contributed by atoms with Crippen molar-refractivity contribution >= 4 is 43.3 Å². The summed E-state index contributed by atoms with van der Waals surface area (Å²) in [6.07, 6.45) is 0. The molecule has 1 aromatic rings. The van der Waals surface area contributed by atoms with Crippen LogP contribution in [0, 0.1) is 6.92 Å². The summed E-state index contributed by atoms with van der Waals surface area (Å²) >= 11 is 4.05. The van der Waals surface area contributed by atoms with E-state index in [1.807, 2.05) is 4.72 Å². The summed E-state index contributed by atoms with van der Waals surface area (Å²) in [6.45, 7) is 1.99. The number of carboxylic acids is 1. The van der Waals surface area contributed by atoms with Gasteiger partial charge in [0.1, 0.15) is 0 Å². The maximum Gasteiger partial charge on any atom is 0.336 e. The first kappa shape index (κ1) is 15.5. The number of aryl methyl sites for hydroxylation is 1. The Bertz CT molecular complexity index is 547. The highest BCUT2D eigenvalue weighted by Gasteiger charge is 2.32. The third-order valence-corrected chi connectivity index (χ3v) is 5.80. The van der Waals surface area contributed by atoms with Crippen molar-refractivity contribution in [3.63, 3.8) is 0 Å². The van der Waals surface area contributed by atoms with E-state index in [4.69, 9.17) is 5.11 Å². The molecule has 0 amide bonds. The lowest BCUT2D eigenvalue weighted by Gasteiger charge is -2.17. The molecule has 0 saturated carbocycles. The fourth-order valence-electron chi connectivity index (χ4n) is 0.842. The number of nitrogens with zero attached hydrogens (tertiary/aromatic N) is 1. The Morgan fingerprint density at radius 1 is 1.61 bits per heavy atom. The lowest BCUT2D eigenvalue weighted by molar-refractivity contribution is -0.155. The number of hydrogen-bond acceptors (Lipinski definition) is 6. The number of sulfonamides is 1. The number of nitrogens with one attached hydrogen (secondary N) is 1. The molecule has 0 spiro atoms. The maximum absolute atomic E-state index is 11.8. The number of aliphatic hydroxyl groups is 1. The number of carboxylic acid groups (broad SMARTS) is 1. The number of aliphatic carboxylic acids is 1. The third kappa shape index (κ3) is 3.48. The number of rotatable bonds is 5. The monoisotopic (exact) mass is 358 g/mol. The van der Waals surface area contributed by atoms with Crippen LogP contribution in [0.4, 0.5) is 0 Å². The van der Waals surface area contributed by atoms with Crippen molar-refractivity contribution in [3.05, 3.63) is 9.48 Å². The summed E-state index contributed by atoms with van der Waals surface area (Å²) in [5.74, 6) is -1.51. The Hall–Kier alpha value is -0.550. The summed E-state index contributed by atoms with van der Waals surface area (Å²) in [4.78, 5) is 14.4. The van der Waals surface area contributed by atoms with Crippen molar-refractivity contribution in [3.8, 4) is 0 Å². The first-order valence-electron chi connectivity index (χ1n) is 4.64. The molecule has 1 rings (SSSR count). The smallest absolute Gasteiger partial charge is 0.336 e. The summed E-state index contributed by atoms with van der Waals surface area (Å²) in [6, 6.07) is 0. The number of thiazole rings is 1. The van der Waals surface area contributed by atoms with Crippen molar-refractivity contribution in [1.82, 2.24) is 9.71 Å². The fraction of sp³-hybridized carbons (Fsp3) is 0.500. The largest absolute Gasteiger partial charge is 0.479 e. The fourth-order valence-corrected chi connectivity index (χ4v) is 3.96. The second kappa shape index (κ2) is 5.21. The van der Waals surface area contributed by atoms with Crippen molar-refractivity contribution in [1.29, 1.82) is 0 Å². The predicted octanol–water partition coefficient (Wildman–Crippen LogP) is 0.328. The van der Waals surface area contributed by atoms with Gasteiger partial charge in [-0.25, -0.2) is 22.9 Å². The molecule has 1 atom stereocenters. The predicted molar refractivity (Wildman–Crippen MR) is 68.0 cm³/mol. The van der Waals surface area contributed by atoms with Crippen LogP contribution in [-0.2, 0) is 14.8 Å². The van der Waals surface area contributed by atoms with E-state index in [-0.39, 0.29) is 4.34 Å². The van der Waals surface area contributed by atoms with Gasteiger partial charge in [0, 0.05) is 0 Å². The zero-order chi connectivity index (χ0) is 14.1. The highest BCUT2D eigenvalue weighted by Crippen LogP contribution is 2.27. The van der Waals surface area contributed by atoms with Crippen LogP contribution >= 0.6 is 27.3 Å². The molecule has 102 valence electrons. The molecule has 1 aromatic heterocycles. The molecule has 0 fully saturated rings. The Morgan fingerprint density at radius 2 is 2.17 bits per heavy atom. The molecule has 10 heteroatoms. The molecular weight excluding hydrogens is 348 g/mol. The van der Waals surface area contributed by atoms with Crippen molar-refractivity contribution < 1.29 is 23.4 Å². The van der Waals surface area contributed by atoms with Gasteiger partial charge >= 0.3 is 5.97 Å². The number of carbonyl (C=O) groups is 1. The van der Waals surface area contributed by atoms with Crippen LogP contribution < -0.4 is 4.72 Å². The van der Waals surface area contributed by atoms with Gasteiger partial charge in [0.15, 0.2) is 5.60 Å². The molecule has 0 radical (unpaired) electrons. The van der Waals surface area contributed by atoms with E-state index in [0.29, 0.717) is 9.48 Å². The van der Waals surface area contributed by atoms with Gasteiger partial charge < -0.3 is 10.2 Å². The molecule has 3 N–H and O–H groups in total. The Morgan fingerprint density at radius 3 is 2.56 bits per heavy atom. The van der Waals surface area contributed by atoms with Gasteiger partial charge in [-0.1, -0.05) is 11.3 Å². The van der Waals surface area contributed by atoms with E-state index in [2.05, 4.69) is 20.9 Å². The molecule has 0 bridgehead atoms. The van der Waals surface area contributed by atoms with Crippen molar-refractivity contribution in [2.45, 2.75) is 23.8 Å². The van der Waals surface area contributed by atoms with Gasteiger partial charge in [-0.15, -0.1) is 0 Å². The van der Waals surface area contributed by atoms with Crippen LogP contribution in [0.5, 0.6) is 0 Å². The number of hydrogen-bond donors (Lipinski definition) is 3. The lowest BCUT2D eigenvalue weighted by Crippen LogP contribution is -2.46. The number of halogens is 1. The van der Waals surface area contributed by atoms with Crippen molar-refractivity contribution in [2.24, 2.45) is 0 Å². The average Bonchev–Trinajstić information content (AvgIpc) is 2.57. The van der Waals surface area contributed by atoms with E-state index < -0.39 is 28.1 Å². The second-order valence-corrected chi connectivity index (χ2v) is 8.00. The molecule has 7 nitrogen and oxygen atoms in total. The summed E-state index contributed by atoms with van der Waals surface area (Å²) < 4.78 is 26.0. The molecule has 0 saturated heterocycles. The minimum absolute atomic E-state index is 0.187. The van der Waals surface area contributed by atoms with Crippen LogP contribution in [0.2, 0.25) is 0 Å². The first-order valence-corrected chi connectivity index (χ1v) is 7.74. The third-order valence-electron chi connectivity index (χ3n) is 2.02. The quantitative estimate of drug-likeness (QED) is 0.698. The summed E-state index contributed by atoms with van der Waals surface area (Å²) in [5.41, 5.74) is -1.65. The van der Waals surface area contributed by atoms with Gasteiger partial charge in [0.05, 0.1) is 16.0 Å². The Kier molecular flexibility index (Phi) is 4.49. The highest BCUT2D eigenvalue weighted by molar-refractivity contribution is 9.11. The molecule has 1 heterocycles. The molecule has 18 heavy (non-hydrogen) atoms. The van der Waals surface area contributed by atoms with Crippen LogP contribution in [0.25, 0.3) is 0 Å². The lowest BCUT2D eigenvalue weighted by atomic mass is 10.1. The van der Waals surface area contributed by atoms with E-state index in [0.717, 1.165) is 18.3 Å². The molecule has 1 unspecified atom stereocenters. The second-order valence-electron chi connectivity index (χ2n) is 3.74. The maximum atomic E-state index is 11.8. The normalized spacial score (nSPS) is 15.3. The van der Waals surface area contributed by atoms with Gasteiger partial charge in [-0.3, -0.25) is 0 Å². The Balaban J connectivity index is 2.87. The van der Waals surface area contributed by atoms with Gasteiger partial charge in [0.2, 0.25) is 4.34 Å². The number of aromatic nitrogens is 1. The molecule has 0 aromatic carbocycles. The first-order chi connectivity index (χ1) is 8.06. The standard InChI is InChI=1S/C8H11BrN2O5S2/c1-4-5(9)17-7(11-4)18(15,16)10-3-8(2,14)6(12)13/h10,14H,3H2,1-2H3,(H,12,13). The average molecular weight is 359 g/mol. The minimum atomic E-state index is -3.92. The molecule has 0 aliphatic rings. The van der Waals surface area contributed by atoms with E-state index in [9.17, 15) is 18.3 Å². The van der Waals surface area contributed by atoms with Crippen LogP contribution in [0.15, 0.2) is 8.13 Å². The van der Waals surface area contributed by atoms with Gasteiger partial charge in [0.25, 0.3) is 10.0 Å². The minimum Gasteiger partial charge on any atom is -0.479 e. The van der Waals surface area contributed by atoms with Crippen LogP contribution in [0.1, 0.15) is 12.6 Å². The Labute approximate surface area is 116 Å². The van der Waals surface area contributed by atoms with Gasteiger partial charge in [-0.2, -0.15) is 0 Å². The summed E-state index contributed by atoms with van der Waals surface area (Å²) in [7, 11) is -3.92. The van der Waals surface area contributed by atoms with Gasteiger partial charge in [-0.05, 0) is 29.8 Å². The van der Waals surface area contributed by atoms with E-state index >= 15 is 0 Å². The van der Waals surface area contributed by atoms with Crippen LogP contribution in [-0.4, -0.2) is 41.7 Å². The zero-order valence-corrected chi connectivity index (χ0v) is 12.7. The highest BCUT2D eigenvalue weighted by atomic mass is 79.9. The zero-order valence-electron chi connectivity index (χ0n) is 9.47. The van der Waals surface area contributed by atoms with Crippen molar-refractivity contribution in [2.75, 3.05) is 6.54 Å². The van der Waals surface area contributed by atoms with E-state index in [1.54, 1.807) is 6.92 Å². The molecular formula is C8H11BrN2O5S2. The van der Waals surface area contributed by atoms with E-state index in [1.165, 1.54) is 0 Å². The topological polar surface area (TPSA) is 117 Å². The van der Waals surface area contributed by atoms with Crippen LogP contribution in [0.3, 0.4) is 0 Å². The molecule has 0 aliphatic carbocycles.